The number of carbonyl (C=O) groups is 1. The molecule has 1 N–H and O–H groups in total. The number of rotatable bonds is 11. The fourth-order valence-corrected chi connectivity index (χ4v) is 1.85. The van der Waals surface area contributed by atoms with E-state index in [-0.39, 0.29) is 6.42 Å². The zero-order chi connectivity index (χ0) is 18.7. The van der Waals surface area contributed by atoms with E-state index in [4.69, 9.17) is 18.9 Å². The minimum Gasteiger partial charge on any atom is -0.490 e. The maximum absolute atomic E-state index is 11.8. The Kier molecular flexibility index (Phi) is 9.41. The zero-order valence-corrected chi connectivity index (χ0v) is 15.5. The summed E-state index contributed by atoms with van der Waals surface area (Å²) in [6, 6.07) is 3.45. The monoisotopic (exact) mass is 355 g/mol. The van der Waals surface area contributed by atoms with Gasteiger partial charge < -0.3 is 24.1 Å². The lowest BCUT2D eigenvalue weighted by Gasteiger charge is -2.21. The van der Waals surface area contributed by atoms with Crippen LogP contribution in [-0.2, 0) is 25.4 Å². The molecule has 1 aromatic heterocycles. The van der Waals surface area contributed by atoms with Gasteiger partial charge in [-0.25, -0.2) is 4.79 Å². The van der Waals surface area contributed by atoms with Crippen molar-refractivity contribution < 1.29 is 28.8 Å². The van der Waals surface area contributed by atoms with Gasteiger partial charge in [0, 0.05) is 18.7 Å². The minimum absolute atomic E-state index is 0.0930. The van der Waals surface area contributed by atoms with Crippen LogP contribution in [0, 0.1) is 0 Å². The van der Waals surface area contributed by atoms with Crippen LogP contribution in [0.15, 0.2) is 18.3 Å². The van der Waals surface area contributed by atoms with Gasteiger partial charge in [-0.1, -0.05) is 0 Å². The van der Waals surface area contributed by atoms with E-state index in [0.29, 0.717) is 44.5 Å². The molecule has 1 heterocycles. The molecule has 1 rings (SSSR count). The van der Waals surface area contributed by atoms with Gasteiger partial charge in [0.05, 0.1) is 26.0 Å². The van der Waals surface area contributed by atoms with E-state index in [2.05, 4.69) is 4.98 Å². The lowest BCUT2D eigenvalue weighted by Crippen LogP contribution is -2.33. The van der Waals surface area contributed by atoms with E-state index in [1.54, 1.807) is 39.1 Å². The van der Waals surface area contributed by atoms with Gasteiger partial charge in [-0.2, -0.15) is 0 Å². The largest absolute Gasteiger partial charge is 0.490 e. The van der Waals surface area contributed by atoms with Crippen LogP contribution in [0.2, 0.25) is 0 Å². The van der Waals surface area contributed by atoms with Crippen molar-refractivity contribution in [1.82, 2.24) is 4.98 Å². The number of esters is 1. The lowest BCUT2D eigenvalue weighted by atomic mass is 10.1. The first kappa shape index (κ1) is 21.3. The summed E-state index contributed by atoms with van der Waals surface area (Å²) in [5, 5.41) is 9.89. The fourth-order valence-electron chi connectivity index (χ4n) is 1.85. The van der Waals surface area contributed by atoms with Crippen LogP contribution in [0.1, 0.15) is 33.4 Å². The molecule has 0 bridgehead atoms. The maximum atomic E-state index is 11.8. The second-order valence-corrected chi connectivity index (χ2v) is 6.40. The number of hydrogen-bond donors (Lipinski definition) is 1. The van der Waals surface area contributed by atoms with Gasteiger partial charge in [0.25, 0.3) is 0 Å². The lowest BCUT2D eigenvalue weighted by molar-refractivity contribution is -0.164. The van der Waals surface area contributed by atoms with Gasteiger partial charge in [-0.15, -0.1) is 0 Å². The quantitative estimate of drug-likeness (QED) is 0.478. The molecule has 1 atom stereocenters. The highest BCUT2D eigenvalue weighted by Crippen LogP contribution is 2.13. The van der Waals surface area contributed by atoms with Gasteiger partial charge in [0.15, 0.2) is 6.10 Å². The van der Waals surface area contributed by atoms with E-state index >= 15 is 0 Å². The summed E-state index contributed by atoms with van der Waals surface area (Å²) in [6.45, 7) is 9.87. The Morgan fingerprint density at radius 3 is 2.44 bits per heavy atom. The van der Waals surface area contributed by atoms with Gasteiger partial charge in [-0.05, 0) is 39.8 Å². The maximum Gasteiger partial charge on any atom is 0.335 e. The van der Waals surface area contributed by atoms with E-state index in [0.717, 1.165) is 0 Å². The van der Waals surface area contributed by atoms with Crippen LogP contribution in [0.4, 0.5) is 0 Å². The average molecular weight is 355 g/mol. The molecule has 0 aliphatic heterocycles. The van der Waals surface area contributed by atoms with Crippen molar-refractivity contribution in [3.8, 4) is 5.75 Å². The Balaban J connectivity index is 2.30. The Labute approximate surface area is 149 Å². The smallest absolute Gasteiger partial charge is 0.335 e. The first-order valence-electron chi connectivity index (χ1n) is 8.46. The second-order valence-electron chi connectivity index (χ2n) is 6.40. The van der Waals surface area contributed by atoms with Crippen LogP contribution in [-0.4, -0.2) is 60.8 Å². The first-order chi connectivity index (χ1) is 11.8. The van der Waals surface area contributed by atoms with Gasteiger partial charge in [0.1, 0.15) is 18.0 Å². The highest BCUT2D eigenvalue weighted by molar-refractivity contribution is 5.75. The van der Waals surface area contributed by atoms with Crippen molar-refractivity contribution >= 4 is 5.97 Å². The molecular formula is C18H29NO6. The van der Waals surface area contributed by atoms with Crippen molar-refractivity contribution in [2.24, 2.45) is 0 Å². The third-order valence-corrected chi connectivity index (χ3v) is 2.95. The molecule has 0 radical (unpaired) electrons. The summed E-state index contributed by atoms with van der Waals surface area (Å²) >= 11 is 0. The molecule has 142 valence electrons. The summed E-state index contributed by atoms with van der Waals surface area (Å²) in [5.74, 6) is -0.0530. The molecule has 0 amide bonds. The number of ether oxygens (including phenoxy) is 4. The molecule has 0 aliphatic rings. The predicted octanol–water partition coefficient (Wildman–Crippen LogP) is 1.76. The highest BCUT2D eigenvalue weighted by atomic mass is 16.6. The first-order valence-corrected chi connectivity index (χ1v) is 8.46. The van der Waals surface area contributed by atoms with Gasteiger partial charge in [-0.3, -0.25) is 4.98 Å². The summed E-state index contributed by atoms with van der Waals surface area (Å²) < 4.78 is 21.1. The van der Waals surface area contributed by atoms with Crippen LogP contribution >= 0.6 is 0 Å². The standard InChI is InChI=1S/C18H29NO6/c1-5-22-8-9-23-10-11-24-15-7-6-14(19-13-15)12-16(20)17(21)25-18(2,3)4/h6-7,13,16,20H,5,8-12H2,1-4H3. The van der Waals surface area contributed by atoms with Gasteiger partial charge >= 0.3 is 5.97 Å². The molecule has 1 aromatic rings. The van der Waals surface area contributed by atoms with Crippen molar-refractivity contribution in [1.29, 1.82) is 0 Å². The molecular weight excluding hydrogens is 326 g/mol. The van der Waals surface area contributed by atoms with Crippen LogP contribution in [0.5, 0.6) is 5.75 Å². The number of nitrogens with zero attached hydrogens (tertiary/aromatic N) is 1. The Morgan fingerprint density at radius 2 is 1.84 bits per heavy atom. The predicted molar refractivity (Wildman–Crippen MR) is 92.6 cm³/mol. The highest BCUT2D eigenvalue weighted by Gasteiger charge is 2.23. The molecule has 0 saturated heterocycles. The normalized spacial score (nSPS) is 12.7. The molecule has 7 nitrogen and oxygen atoms in total. The fraction of sp³-hybridized carbons (Fsp3) is 0.667. The number of pyridine rings is 1. The second kappa shape index (κ2) is 11.0. The molecule has 0 fully saturated rings. The Hall–Kier alpha value is -1.70. The third-order valence-electron chi connectivity index (χ3n) is 2.95. The van der Waals surface area contributed by atoms with E-state index in [9.17, 15) is 9.90 Å². The number of aliphatic hydroxyl groups excluding tert-OH is 1. The van der Waals surface area contributed by atoms with Crippen molar-refractivity contribution in [3.05, 3.63) is 24.0 Å². The number of carbonyl (C=O) groups excluding carboxylic acids is 1. The van der Waals surface area contributed by atoms with Gasteiger partial charge in [0.2, 0.25) is 0 Å². The zero-order valence-electron chi connectivity index (χ0n) is 15.5. The average Bonchev–Trinajstić information content (AvgIpc) is 2.54. The number of hydrogen-bond acceptors (Lipinski definition) is 7. The minimum atomic E-state index is -1.24. The molecule has 0 saturated carbocycles. The van der Waals surface area contributed by atoms with Crippen molar-refractivity contribution in [2.75, 3.05) is 33.0 Å². The molecule has 0 spiro atoms. The Bertz CT molecular complexity index is 497. The molecule has 7 heteroatoms. The topological polar surface area (TPSA) is 87.1 Å². The van der Waals surface area contributed by atoms with Crippen LogP contribution in [0.3, 0.4) is 0 Å². The summed E-state index contributed by atoms with van der Waals surface area (Å²) in [5.41, 5.74) is -0.0489. The van der Waals surface area contributed by atoms with Crippen molar-refractivity contribution in [2.45, 2.75) is 45.8 Å². The van der Waals surface area contributed by atoms with Crippen LogP contribution < -0.4 is 4.74 Å². The number of aliphatic hydroxyl groups is 1. The van der Waals surface area contributed by atoms with Crippen LogP contribution in [0.25, 0.3) is 0 Å². The van der Waals surface area contributed by atoms with E-state index in [1.807, 2.05) is 6.92 Å². The molecule has 0 aromatic carbocycles. The number of aromatic nitrogens is 1. The summed E-state index contributed by atoms with van der Waals surface area (Å²) in [4.78, 5) is 15.9. The summed E-state index contributed by atoms with van der Waals surface area (Å²) in [7, 11) is 0. The summed E-state index contributed by atoms with van der Waals surface area (Å²) in [6.07, 6.45) is 0.407. The SMILES string of the molecule is CCOCCOCCOc1ccc(CC(O)C(=O)OC(C)(C)C)nc1. The van der Waals surface area contributed by atoms with E-state index in [1.165, 1.54) is 0 Å². The molecule has 25 heavy (non-hydrogen) atoms. The molecule has 1 unspecified atom stereocenters. The Morgan fingerprint density at radius 1 is 1.16 bits per heavy atom. The third kappa shape index (κ3) is 10.0. The van der Waals surface area contributed by atoms with E-state index < -0.39 is 17.7 Å². The molecule has 0 aliphatic carbocycles. The van der Waals surface area contributed by atoms with Crippen molar-refractivity contribution in [3.63, 3.8) is 0 Å².